The van der Waals surface area contributed by atoms with Crippen molar-refractivity contribution in [3.05, 3.63) is 59.4 Å². The lowest BCUT2D eigenvalue weighted by Crippen LogP contribution is -2.41. The number of aliphatic imine (C=N–C) groups is 1. The monoisotopic (exact) mass is 558 g/mol. The summed E-state index contributed by atoms with van der Waals surface area (Å²) in [4.78, 5) is 16.7. The fraction of sp³-hybridized carbons (Fsp3) is 0.391. The van der Waals surface area contributed by atoms with E-state index in [2.05, 4.69) is 20.9 Å². The van der Waals surface area contributed by atoms with Gasteiger partial charge in [-0.15, -0.1) is 24.0 Å². The van der Waals surface area contributed by atoms with Gasteiger partial charge in [0.2, 0.25) is 5.91 Å². The average Bonchev–Trinajstić information content (AvgIpc) is 2.74. The number of guanidine groups is 1. The first-order valence-corrected chi connectivity index (χ1v) is 10.4. The van der Waals surface area contributed by atoms with Gasteiger partial charge in [-0.3, -0.25) is 4.79 Å². The Morgan fingerprint density at radius 3 is 2.62 bits per heavy atom. The molecule has 3 N–H and O–H groups in total. The van der Waals surface area contributed by atoms with Gasteiger partial charge in [-0.1, -0.05) is 18.2 Å². The number of amides is 1. The number of anilines is 1. The van der Waals surface area contributed by atoms with Crippen LogP contribution in [0, 0.1) is 12.7 Å². The minimum Gasteiger partial charge on any atom is -0.491 e. The third kappa shape index (κ3) is 10.3. The highest BCUT2D eigenvalue weighted by atomic mass is 127. The highest BCUT2D eigenvalue weighted by molar-refractivity contribution is 14.0. The first kappa shape index (κ1) is 27.6. The summed E-state index contributed by atoms with van der Waals surface area (Å²) < 4.78 is 24.4. The topological polar surface area (TPSA) is 84.0 Å². The minimum absolute atomic E-state index is 0. The second kappa shape index (κ2) is 15.4. The summed E-state index contributed by atoms with van der Waals surface area (Å²) in [6.45, 7) is 8.55. The number of nitrogens with one attached hydrogen (secondary N) is 3. The molecular formula is C23H32FIN4O3. The molecule has 2 rings (SSSR count). The molecule has 0 aliphatic rings. The van der Waals surface area contributed by atoms with Crippen LogP contribution in [0.2, 0.25) is 0 Å². The SMILES string of the molecule is CCNC(=NCc1ccc(C)cc1OCCOCC)NCC(=O)Nc1cccc(F)c1.I. The highest BCUT2D eigenvalue weighted by Crippen LogP contribution is 2.21. The standard InChI is InChI=1S/C23H31FN4O3.HI/c1-4-25-23(27-16-22(29)28-20-8-6-7-19(24)14-20)26-15-18-10-9-17(3)13-21(18)31-12-11-30-5-2;/h6-10,13-14H,4-5,11-12,15-16H2,1-3H3,(H,28,29)(H2,25,26,27);1H. The van der Waals surface area contributed by atoms with Crippen LogP contribution in [0.15, 0.2) is 47.5 Å². The molecule has 0 aliphatic carbocycles. The molecule has 0 radical (unpaired) electrons. The Balaban J connectivity index is 0.00000512. The first-order valence-electron chi connectivity index (χ1n) is 10.4. The van der Waals surface area contributed by atoms with E-state index in [1.54, 1.807) is 12.1 Å². The number of rotatable bonds is 11. The van der Waals surface area contributed by atoms with Crippen LogP contribution in [0.25, 0.3) is 0 Å². The molecular weight excluding hydrogens is 526 g/mol. The number of aryl methyl sites for hydroxylation is 1. The third-order valence-corrected chi connectivity index (χ3v) is 4.19. The number of hydrogen-bond donors (Lipinski definition) is 3. The normalized spacial score (nSPS) is 10.8. The van der Waals surface area contributed by atoms with E-state index in [0.717, 1.165) is 16.9 Å². The van der Waals surface area contributed by atoms with Crippen molar-refractivity contribution in [2.24, 2.45) is 4.99 Å². The van der Waals surface area contributed by atoms with E-state index >= 15 is 0 Å². The Bertz CT molecular complexity index is 880. The van der Waals surface area contributed by atoms with Crippen molar-refractivity contribution in [3.63, 3.8) is 0 Å². The number of ether oxygens (including phenoxy) is 2. The minimum atomic E-state index is -0.405. The van der Waals surface area contributed by atoms with Crippen LogP contribution >= 0.6 is 24.0 Å². The van der Waals surface area contributed by atoms with Crippen molar-refractivity contribution in [1.29, 1.82) is 0 Å². The first-order chi connectivity index (χ1) is 15.0. The highest BCUT2D eigenvalue weighted by Gasteiger charge is 2.07. The largest absolute Gasteiger partial charge is 0.491 e. The molecule has 0 heterocycles. The molecule has 1 amide bonds. The molecule has 2 aromatic carbocycles. The second-order valence-electron chi connectivity index (χ2n) is 6.76. The molecule has 176 valence electrons. The number of hydrogen-bond acceptors (Lipinski definition) is 4. The van der Waals surface area contributed by atoms with Gasteiger partial charge in [0.1, 0.15) is 18.2 Å². The smallest absolute Gasteiger partial charge is 0.243 e. The lowest BCUT2D eigenvalue weighted by Gasteiger charge is -2.14. The maximum atomic E-state index is 13.3. The van der Waals surface area contributed by atoms with Crippen molar-refractivity contribution in [1.82, 2.24) is 10.6 Å². The van der Waals surface area contributed by atoms with Gasteiger partial charge in [0, 0.05) is 24.4 Å². The number of carbonyl (C=O) groups excluding carboxylic acids is 1. The predicted octanol–water partition coefficient (Wildman–Crippen LogP) is 3.86. The molecule has 0 atom stereocenters. The van der Waals surface area contributed by atoms with E-state index in [-0.39, 0.29) is 36.4 Å². The molecule has 0 unspecified atom stereocenters. The molecule has 0 spiro atoms. The van der Waals surface area contributed by atoms with Crippen molar-refractivity contribution < 1.29 is 18.7 Å². The van der Waals surface area contributed by atoms with Gasteiger partial charge in [-0.25, -0.2) is 9.38 Å². The number of halogens is 2. The van der Waals surface area contributed by atoms with E-state index in [1.165, 1.54) is 12.1 Å². The van der Waals surface area contributed by atoms with Gasteiger partial charge in [0.05, 0.1) is 19.7 Å². The number of nitrogens with zero attached hydrogens (tertiary/aromatic N) is 1. The van der Waals surface area contributed by atoms with E-state index in [0.29, 0.717) is 44.6 Å². The predicted molar refractivity (Wildman–Crippen MR) is 136 cm³/mol. The number of carbonyl (C=O) groups is 1. The fourth-order valence-corrected chi connectivity index (χ4v) is 2.72. The fourth-order valence-electron chi connectivity index (χ4n) is 2.72. The summed E-state index contributed by atoms with van der Waals surface area (Å²) in [5.41, 5.74) is 2.43. The average molecular weight is 558 g/mol. The molecule has 0 fully saturated rings. The van der Waals surface area contributed by atoms with Crippen molar-refractivity contribution in [2.75, 3.05) is 38.2 Å². The summed E-state index contributed by atoms with van der Waals surface area (Å²) in [5, 5.41) is 8.75. The van der Waals surface area contributed by atoms with E-state index < -0.39 is 5.82 Å². The van der Waals surface area contributed by atoms with E-state index in [1.807, 2.05) is 39.0 Å². The lowest BCUT2D eigenvalue weighted by atomic mass is 10.1. The van der Waals surface area contributed by atoms with Crippen LogP contribution in [0.5, 0.6) is 5.75 Å². The van der Waals surface area contributed by atoms with Gasteiger partial charge >= 0.3 is 0 Å². The van der Waals surface area contributed by atoms with Crippen LogP contribution in [-0.2, 0) is 16.1 Å². The maximum Gasteiger partial charge on any atom is 0.243 e. The molecule has 9 heteroatoms. The summed E-state index contributed by atoms with van der Waals surface area (Å²) in [6, 6.07) is 11.7. The van der Waals surface area contributed by atoms with Crippen LogP contribution in [-0.4, -0.2) is 44.8 Å². The molecule has 0 aromatic heterocycles. The zero-order valence-corrected chi connectivity index (χ0v) is 21.1. The Morgan fingerprint density at radius 2 is 1.91 bits per heavy atom. The quantitative estimate of drug-likeness (QED) is 0.169. The van der Waals surface area contributed by atoms with Gasteiger partial charge < -0.3 is 25.4 Å². The zero-order chi connectivity index (χ0) is 22.5. The third-order valence-electron chi connectivity index (χ3n) is 4.19. The van der Waals surface area contributed by atoms with Crippen LogP contribution < -0.4 is 20.7 Å². The summed E-state index contributed by atoms with van der Waals surface area (Å²) in [7, 11) is 0. The Morgan fingerprint density at radius 1 is 1.09 bits per heavy atom. The van der Waals surface area contributed by atoms with Crippen molar-refractivity contribution >= 4 is 41.5 Å². The summed E-state index contributed by atoms with van der Waals surface area (Å²) in [5.74, 6) is 0.561. The van der Waals surface area contributed by atoms with Gasteiger partial charge in [-0.2, -0.15) is 0 Å². The molecule has 2 aromatic rings. The molecule has 0 bridgehead atoms. The Labute approximate surface area is 206 Å². The van der Waals surface area contributed by atoms with Crippen molar-refractivity contribution in [2.45, 2.75) is 27.3 Å². The Hall–Kier alpha value is -2.40. The zero-order valence-electron chi connectivity index (χ0n) is 18.7. The summed E-state index contributed by atoms with van der Waals surface area (Å²) >= 11 is 0. The molecule has 32 heavy (non-hydrogen) atoms. The van der Waals surface area contributed by atoms with Crippen molar-refractivity contribution in [3.8, 4) is 5.75 Å². The van der Waals surface area contributed by atoms with Crippen LogP contribution in [0.4, 0.5) is 10.1 Å². The van der Waals surface area contributed by atoms with E-state index in [4.69, 9.17) is 9.47 Å². The number of benzene rings is 2. The molecule has 0 saturated heterocycles. The summed E-state index contributed by atoms with van der Waals surface area (Å²) in [6.07, 6.45) is 0. The van der Waals surface area contributed by atoms with Crippen LogP contribution in [0.3, 0.4) is 0 Å². The molecule has 0 aliphatic heterocycles. The Kier molecular flexibility index (Phi) is 13.3. The molecule has 0 saturated carbocycles. The molecule has 7 nitrogen and oxygen atoms in total. The second-order valence-corrected chi connectivity index (χ2v) is 6.76. The van der Waals surface area contributed by atoms with Gasteiger partial charge in [-0.05, 0) is 50.6 Å². The maximum absolute atomic E-state index is 13.3. The van der Waals surface area contributed by atoms with Gasteiger partial charge in [0.25, 0.3) is 0 Å². The van der Waals surface area contributed by atoms with Gasteiger partial charge in [0.15, 0.2) is 5.96 Å². The van der Waals surface area contributed by atoms with Crippen LogP contribution in [0.1, 0.15) is 25.0 Å². The van der Waals surface area contributed by atoms with E-state index in [9.17, 15) is 9.18 Å². The lowest BCUT2D eigenvalue weighted by molar-refractivity contribution is -0.115.